The molecule has 1 amide bonds. The second-order valence-electron chi connectivity index (χ2n) is 4.56. The van der Waals surface area contributed by atoms with E-state index in [1.807, 2.05) is 30.3 Å². The summed E-state index contributed by atoms with van der Waals surface area (Å²) in [5.74, 6) is -0.159. The van der Waals surface area contributed by atoms with Gasteiger partial charge >= 0.3 is 0 Å². The second-order valence-corrected chi connectivity index (χ2v) is 6.06. The van der Waals surface area contributed by atoms with Crippen molar-refractivity contribution < 1.29 is 4.79 Å². The first-order valence-electron chi connectivity index (χ1n) is 6.64. The minimum atomic E-state index is -0.159. The molecule has 0 saturated heterocycles. The number of hydrogen-bond acceptors (Lipinski definition) is 4. The van der Waals surface area contributed by atoms with Crippen LogP contribution in [0.3, 0.4) is 0 Å². The normalized spacial score (nSPS) is 10.4. The first kappa shape index (κ1) is 14.7. The van der Waals surface area contributed by atoms with E-state index in [2.05, 4.69) is 15.5 Å². The van der Waals surface area contributed by atoms with Gasteiger partial charge in [-0.3, -0.25) is 4.79 Å². The summed E-state index contributed by atoms with van der Waals surface area (Å²) in [5, 5.41) is 13.3. The summed E-state index contributed by atoms with van der Waals surface area (Å²) >= 11 is 7.27. The molecule has 4 nitrogen and oxygen atoms in total. The molecule has 0 fully saturated rings. The van der Waals surface area contributed by atoms with E-state index in [4.69, 9.17) is 11.6 Å². The number of benzene rings is 2. The van der Waals surface area contributed by atoms with Crippen molar-refractivity contribution in [3.8, 4) is 10.6 Å². The van der Waals surface area contributed by atoms with Gasteiger partial charge in [-0.15, -0.1) is 10.2 Å². The molecule has 1 aromatic heterocycles. The smallest absolute Gasteiger partial charge is 0.251 e. The number of carbonyl (C=O) groups is 1. The van der Waals surface area contributed by atoms with Gasteiger partial charge in [-0.1, -0.05) is 53.3 Å². The Morgan fingerprint density at radius 3 is 2.50 bits per heavy atom. The number of carbonyl (C=O) groups excluding carboxylic acids is 1. The largest absolute Gasteiger partial charge is 0.345 e. The van der Waals surface area contributed by atoms with Crippen LogP contribution in [0.1, 0.15) is 15.4 Å². The van der Waals surface area contributed by atoms with Crippen LogP contribution in [0.4, 0.5) is 0 Å². The fourth-order valence-electron chi connectivity index (χ4n) is 1.88. The third-order valence-corrected chi connectivity index (χ3v) is 4.22. The number of nitrogens with zero attached hydrogens (tertiary/aromatic N) is 2. The monoisotopic (exact) mass is 329 g/mol. The quantitative estimate of drug-likeness (QED) is 0.792. The summed E-state index contributed by atoms with van der Waals surface area (Å²) in [6.45, 7) is 0.353. The number of hydrogen-bond donors (Lipinski definition) is 1. The van der Waals surface area contributed by atoms with Crippen molar-refractivity contribution in [2.75, 3.05) is 0 Å². The average Bonchev–Trinajstić information content (AvgIpc) is 3.03. The van der Waals surface area contributed by atoms with Crippen molar-refractivity contribution in [1.82, 2.24) is 15.5 Å². The van der Waals surface area contributed by atoms with E-state index in [1.165, 1.54) is 11.3 Å². The van der Waals surface area contributed by atoms with Crippen LogP contribution in [-0.2, 0) is 6.54 Å². The molecule has 0 saturated carbocycles. The third kappa shape index (κ3) is 3.50. The Hall–Kier alpha value is -2.24. The summed E-state index contributed by atoms with van der Waals surface area (Å²) < 4.78 is 0. The van der Waals surface area contributed by atoms with E-state index in [0.29, 0.717) is 17.1 Å². The molecule has 0 spiro atoms. The molecule has 3 aromatic rings. The third-order valence-electron chi connectivity index (χ3n) is 2.99. The molecular weight excluding hydrogens is 318 g/mol. The van der Waals surface area contributed by atoms with Crippen molar-refractivity contribution >= 4 is 28.8 Å². The fourth-order valence-corrected chi connectivity index (χ4v) is 2.79. The van der Waals surface area contributed by atoms with Gasteiger partial charge in [-0.2, -0.15) is 0 Å². The lowest BCUT2D eigenvalue weighted by Gasteiger charge is -2.02. The molecule has 0 radical (unpaired) electrons. The standard InChI is InChI=1S/C16H12ClN3OS/c17-13-8-6-11(7-9-13)15(21)18-10-14-19-20-16(22-14)12-4-2-1-3-5-12/h1-9H,10H2,(H,18,21). The SMILES string of the molecule is O=C(NCc1nnc(-c2ccccc2)s1)c1ccc(Cl)cc1. The van der Waals surface area contributed by atoms with Crippen LogP contribution in [0.25, 0.3) is 10.6 Å². The predicted octanol–water partition coefficient (Wildman–Crippen LogP) is 3.79. The molecule has 0 bridgehead atoms. The molecule has 0 atom stereocenters. The highest BCUT2D eigenvalue weighted by Gasteiger charge is 2.09. The lowest BCUT2D eigenvalue weighted by Crippen LogP contribution is -2.22. The van der Waals surface area contributed by atoms with Crippen molar-refractivity contribution in [1.29, 1.82) is 0 Å². The van der Waals surface area contributed by atoms with Gasteiger partial charge in [0.2, 0.25) is 0 Å². The van der Waals surface area contributed by atoms with E-state index < -0.39 is 0 Å². The van der Waals surface area contributed by atoms with Crippen LogP contribution in [-0.4, -0.2) is 16.1 Å². The summed E-state index contributed by atoms with van der Waals surface area (Å²) in [4.78, 5) is 12.0. The van der Waals surface area contributed by atoms with Crippen LogP contribution in [0.5, 0.6) is 0 Å². The molecule has 0 aliphatic heterocycles. The van der Waals surface area contributed by atoms with Gasteiger partial charge in [0.1, 0.15) is 10.0 Å². The van der Waals surface area contributed by atoms with Crippen LogP contribution >= 0.6 is 22.9 Å². The van der Waals surface area contributed by atoms with E-state index in [1.54, 1.807) is 24.3 Å². The lowest BCUT2D eigenvalue weighted by atomic mass is 10.2. The summed E-state index contributed by atoms with van der Waals surface area (Å²) in [5.41, 5.74) is 1.59. The maximum Gasteiger partial charge on any atom is 0.251 e. The Bertz CT molecular complexity index is 772. The van der Waals surface area contributed by atoms with Crippen molar-refractivity contribution in [2.45, 2.75) is 6.54 Å². The highest BCUT2D eigenvalue weighted by molar-refractivity contribution is 7.14. The van der Waals surface area contributed by atoms with Gasteiger partial charge in [-0.25, -0.2) is 0 Å². The number of nitrogens with one attached hydrogen (secondary N) is 1. The zero-order valence-corrected chi connectivity index (χ0v) is 13.1. The minimum absolute atomic E-state index is 0.159. The Labute approximate surface area is 136 Å². The van der Waals surface area contributed by atoms with Crippen LogP contribution in [0, 0.1) is 0 Å². The topological polar surface area (TPSA) is 54.9 Å². The zero-order valence-electron chi connectivity index (χ0n) is 11.5. The first-order chi connectivity index (χ1) is 10.7. The molecule has 1 heterocycles. The van der Waals surface area contributed by atoms with Gasteiger partial charge in [0.15, 0.2) is 0 Å². The summed E-state index contributed by atoms with van der Waals surface area (Å²) in [6, 6.07) is 16.6. The Morgan fingerprint density at radius 2 is 1.77 bits per heavy atom. The van der Waals surface area contributed by atoms with Gasteiger partial charge in [0, 0.05) is 16.1 Å². The number of rotatable bonds is 4. The molecule has 0 aliphatic rings. The van der Waals surface area contributed by atoms with Crippen molar-refractivity contribution in [3.63, 3.8) is 0 Å². The van der Waals surface area contributed by atoms with Crippen molar-refractivity contribution in [3.05, 3.63) is 70.2 Å². The molecule has 0 unspecified atom stereocenters. The summed E-state index contributed by atoms with van der Waals surface area (Å²) in [7, 11) is 0. The maximum atomic E-state index is 12.0. The molecule has 0 aliphatic carbocycles. The number of halogens is 1. The molecule has 2 aromatic carbocycles. The zero-order chi connectivity index (χ0) is 15.4. The van der Waals surface area contributed by atoms with E-state index >= 15 is 0 Å². The molecule has 1 N–H and O–H groups in total. The number of amides is 1. The Kier molecular flexibility index (Phi) is 4.46. The molecular formula is C16H12ClN3OS. The van der Waals surface area contributed by atoms with Crippen molar-refractivity contribution in [2.24, 2.45) is 0 Å². The van der Waals surface area contributed by atoms with Gasteiger partial charge in [0.25, 0.3) is 5.91 Å². The van der Waals surface area contributed by atoms with E-state index in [0.717, 1.165) is 15.6 Å². The molecule has 22 heavy (non-hydrogen) atoms. The van der Waals surface area contributed by atoms with E-state index in [-0.39, 0.29) is 5.91 Å². The van der Waals surface area contributed by atoms with Crippen LogP contribution in [0.2, 0.25) is 5.02 Å². The molecule has 110 valence electrons. The highest BCUT2D eigenvalue weighted by Crippen LogP contribution is 2.22. The van der Waals surface area contributed by atoms with Crippen LogP contribution < -0.4 is 5.32 Å². The first-order valence-corrected chi connectivity index (χ1v) is 7.83. The predicted molar refractivity (Wildman–Crippen MR) is 88.0 cm³/mol. The molecule has 3 rings (SSSR count). The lowest BCUT2D eigenvalue weighted by molar-refractivity contribution is 0.0951. The van der Waals surface area contributed by atoms with Gasteiger partial charge < -0.3 is 5.32 Å². The summed E-state index contributed by atoms with van der Waals surface area (Å²) in [6.07, 6.45) is 0. The second kappa shape index (κ2) is 6.68. The Morgan fingerprint density at radius 1 is 1.05 bits per heavy atom. The Balaban J connectivity index is 1.64. The van der Waals surface area contributed by atoms with E-state index in [9.17, 15) is 4.79 Å². The number of aromatic nitrogens is 2. The fraction of sp³-hybridized carbons (Fsp3) is 0.0625. The minimum Gasteiger partial charge on any atom is -0.345 e. The van der Waals surface area contributed by atoms with Gasteiger partial charge in [-0.05, 0) is 24.3 Å². The highest BCUT2D eigenvalue weighted by atomic mass is 35.5. The molecule has 6 heteroatoms. The average molecular weight is 330 g/mol. The van der Waals surface area contributed by atoms with Crippen LogP contribution in [0.15, 0.2) is 54.6 Å². The van der Waals surface area contributed by atoms with Gasteiger partial charge in [0.05, 0.1) is 6.54 Å². The maximum absolute atomic E-state index is 12.0.